The molecule has 0 atom stereocenters. The minimum atomic E-state index is -3.98. The van der Waals surface area contributed by atoms with Gasteiger partial charge in [0, 0.05) is 11.5 Å². The lowest BCUT2D eigenvalue weighted by Crippen LogP contribution is -2.34. The number of aromatic nitrogens is 1. The molecule has 0 fully saturated rings. The van der Waals surface area contributed by atoms with Crippen LogP contribution in [0.25, 0.3) is 10.9 Å². The maximum absolute atomic E-state index is 12.3. The Kier molecular flexibility index (Phi) is 5.27. The van der Waals surface area contributed by atoms with Crippen LogP contribution in [0, 0.1) is 6.92 Å². The standard InChI is InChI=1S/C19H19N3O4S/c1-3-26-17-12-18(20-16-7-5-4-6-15(16)17)21-19(23)22-27(24,25)14-10-8-13(2)9-11-14/h4-12H,3H2,1-2H3,(H2,20,21,22,23). The summed E-state index contributed by atoms with van der Waals surface area (Å²) in [5.74, 6) is 0.744. The molecule has 0 aliphatic heterocycles. The van der Waals surface area contributed by atoms with Crippen LogP contribution in [0.3, 0.4) is 0 Å². The number of sulfonamides is 1. The van der Waals surface area contributed by atoms with Gasteiger partial charge in [-0.15, -0.1) is 0 Å². The Balaban J connectivity index is 1.82. The lowest BCUT2D eigenvalue weighted by atomic mass is 10.2. The number of hydrogen-bond donors (Lipinski definition) is 2. The van der Waals surface area contributed by atoms with Crippen molar-refractivity contribution in [2.24, 2.45) is 0 Å². The van der Waals surface area contributed by atoms with E-state index < -0.39 is 16.1 Å². The summed E-state index contributed by atoms with van der Waals surface area (Å²) in [6.45, 7) is 4.14. The highest BCUT2D eigenvalue weighted by Crippen LogP contribution is 2.27. The summed E-state index contributed by atoms with van der Waals surface area (Å²) >= 11 is 0. The molecule has 27 heavy (non-hydrogen) atoms. The molecule has 140 valence electrons. The van der Waals surface area contributed by atoms with Gasteiger partial charge in [0.2, 0.25) is 0 Å². The Morgan fingerprint density at radius 3 is 2.52 bits per heavy atom. The molecule has 0 saturated carbocycles. The molecule has 0 unspecified atom stereocenters. The van der Waals surface area contributed by atoms with E-state index >= 15 is 0 Å². The van der Waals surface area contributed by atoms with Crippen LogP contribution < -0.4 is 14.8 Å². The molecule has 3 aromatic rings. The molecular formula is C19H19N3O4S. The Morgan fingerprint density at radius 1 is 1.11 bits per heavy atom. The highest BCUT2D eigenvalue weighted by molar-refractivity contribution is 7.90. The molecule has 1 aromatic heterocycles. The van der Waals surface area contributed by atoms with Gasteiger partial charge in [0.25, 0.3) is 10.0 Å². The van der Waals surface area contributed by atoms with Crippen LogP contribution in [-0.2, 0) is 10.0 Å². The number of hydrogen-bond acceptors (Lipinski definition) is 5. The number of para-hydroxylation sites is 1. The van der Waals surface area contributed by atoms with E-state index in [1.54, 1.807) is 24.3 Å². The first kappa shape index (κ1) is 18.7. The first-order chi connectivity index (χ1) is 12.9. The predicted octanol–water partition coefficient (Wildman–Crippen LogP) is 3.45. The quantitative estimate of drug-likeness (QED) is 0.701. The minimum Gasteiger partial charge on any atom is -0.493 e. The molecule has 2 N–H and O–H groups in total. The van der Waals surface area contributed by atoms with E-state index in [1.807, 2.05) is 36.8 Å². The number of aryl methyl sites for hydroxylation is 1. The minimum absolute atomic E-state index is 0.00438. The number of amides is 2. The van der Waals surface area contributed by atoms with Crippen molar-refractivity contribution in [2.45, 2.75) is 18.7 Å². The molecule has 1 heterocycles. The highest BCUT2D eigenvalue weighted by Gasteiger charge is 2.18. The van der Waals surface area contributed by atoms with E-state index in [0.29, 0.717) is 17.9 Å². The Bertz CT molecular complexity index is 1080. The lowest BCUT2D eigenvalue weighted by molar-refractivity contribution is 0.256. The van der Waals surface area contributed by atoms with E-state index in [4.69, 9.17) is 4.74 Å². The maximum Gasteiger partial charge on any atom is 0.334 e. The molecule has 0 radical (unpaired) electrons. The van der Waals surface area contributed by atoms with Gasteiger partial charge in [0.05, 0.1) is 17.0 Å². The number of ether oxygens (including phenoxy) is 1. The van der Waals surface area contributed by atoms with Crippen LogP contribution >= 0.6 is 0 Å². The average Bonchev–Trinajstić information content (AvgIpc) is 2.62. The fraction of sp³-hybridized carbons (Fsp3) is 0.158. The number of rotatable bonds is 5. The van der Waals surface area contributed by atoms with Crippen molar-refractivity contribution in [1.29, 1.82) is 0 Å². The number of carbonyl (C=O) groups excluding carboxylic acids is 1. The van der Waals surface area contributed by atoms with Gasteiger partial charge < -0.3 is 4.74 Å². The van der Waals surface area contributed by atoms with Gasteiger partial charge in [-0.1, -0.05) is 29.8 Å². The summed E-state index contributed by atoms with van der Waals surface area (Å²) in [6, 6.07) is 14.2. The number of fused-ring (bicyclic) bond motifs is 1. The van der Waals surface area contributed by atoms with E-state index in [2.05, 4.69) is 10.3 Å². The molecule has 0 saturated heterocycles. The fourth-order valence-electron chi connectivity index (χ4n) is 2.52. The number of pyridine rings is 1. The first-order valence-electron chi connectivity index (χ1n) is 8.32. The van der Waals surface area contributed by atoms with E-state index in [9.17, 15) is 13.2 Å². The molecule has 0 spiro atoms. The van der Waals surface area contributed by atoms with Crippen molar-refractivity contribution in [3.05, 3.63) is 60.2 Å². The predicted molar refractivity (Wildman–Crippen MR) is 103 cm³/mol. The van der Waals surface area contributed by atoms with E-state index in [1.165, 1.54) is 12.1 Å². The summed E-state index contributed by atoms with van der Waals surface area (Å²) in [4.78, 5) is 16.5. The van der Waals surface area contributed by atoms with Crippen LogP contribution in [0.5, 0.6) is 5.75 Å². The monoisotopic (exact) mass is 385 g/mol. The highest BCUT2D eigenvalue weighted by atomic mass is 32.2. The number of benzene rings is 2. The second-order valence-corrected chi connectivity index (χ2v) is 7.51. The normalized spacial score (nSPS) is 11.2. The molecule has 2 amide bonds. The van der Waals surface area contributed by atoms with Gasteiger partial charge in [-0.25, -0.2) is 22.9 Å². The van der Waals surface area contributed by atoms with Crippen molar-refractivity contribution in [1.82, 2.24) is 9.71 Å². The van der Waals surface area contributed by atoms with Crippen LogP contribution in [0.15, 0.2) is 59.5 Å². The zero-order valence-electron chi connectivity index (χ0n) is 14.9. The molecule has 7 nitrogen and oxygen atoms in total. The Hall–Kier alpha value is -3.13. The van der Waals surface area contributed by atoms with Gasteiger partial charge in [-0.2, -0.15) is 0 Å². The fourth-order valence-corrected chi connectivity index (χ4v) is 3.43. The zero-order valence-corrected chi connectivity index (χ0v) is 15.7. The van der Waals surface area contributed by atoms with E-state index in [-0.39, 0.29) is 10.7 Å². The van der Waals surface area contributed by atoms with Crippen molar-refractivity contribution in [2.75, 3.05) is 11.9 Å². The molecular weight excluding hydrogens is 366 g/mol. The third kappa shape index (κ3) is 4.35. The molecule has 8 heteroatoms. The number of anilines is 1. The maximum atomic E-state index is 12.3. The third-order valence-electron chi connectivity index (χ3n) is 3.78. The largest absolute Gasteiger partial charge is 0.493 e. The van der Waals surface area contributed by atoms with Crippen molar-refractivity contribution >= 4 is 32.8 Å². The van der Waals surface area contributed by atoms with Crippen molar-refractivity contribution in [3.8, 4) is 5.75 Å². The Morgan fingerprint density at radius 2 is 1.81 bits per heavy atom. The number of urea groups is 1. The number of nitrogens with one attached hydrogen (secondary N) is 2. The SMILES string of the molecule is CCOc1cc(NC(=O)NS(=O)(=O)c2ccc(C)cc2)nc2ccccc12. The topological polar surface area (TPSA) is 97.4 Å². The second kappa shape index (κ2) is 7.63. The van der Waals surface area contributed by atoms with Crippen LogP contribution in [0.1, 0.15) is 12.5 Å². The van der Waals surface area contributed by atoms with Crippen molar-refractivity contribution in [3.63, 3.8) is 0 Å². The van der Waals surface area contributed by atoms with Crippen LogP contribution in [0.2, 0.25) is 0 Å². The van der Waals surface area contributed by atoms with Gasteiger partial charge in [0.15, 0.2) is 0 Å². The van der Waals surface area contributed by atoms with Gasteiger partial charge in [0.1, 0.15) is 11.6 Å². The average molecular weight is 385 g/mol. The number of carbonyl (C=O) groups is 1. The Labute approximate surface area is 157 Å². The summed E-state index contributed by atoms with van der Waals surface area (Å²) in [6.07, 6.45) is 0. The second-order valence-electron chi connectivity index (χ2n) is 5.83. The van der Waals surface area contributed by atoms with Crippen molar-refractivity contribution < 1.29 is 17.9 Å². The van der Waals surface area contributed by atoms with Gasteiger partial charge in [-0.3, -0.25) is 5.32 Å². The summed E-state index contributed by atoms with van der Waals surface area (Å²) in [7, 11) is -3.98. The van der Waals surface area contributed by atoms with Crippen LogP contribution in [0.4, 0.5) is 10.6 Å². The van der Waals surface area contributed by atoms with E-state index in [0.717, 1.165) is 10.9 Å². The zero-order chi connectivity index (χ0) is 19.4. The summed E-state index contributed by atoms with van der Waals surface area (Å²) in [5.41, 5.74) is 1.54. The molecule has 0 aliphatic carbocycles. The smallest absolute Gasteiger partial charge is 0.334 e. The van der Waals surface area contributed by atoms with Gasteiger partial charge in [-0.05, 0) is 38.1 Å². The lowest BCUT2D eigenvalue weighted by Gasteiger charge is -2.12. The molecule has 3 rings (SSSR count). The third-order valence-corrected chi connectivity index (χ3v) is 5.12. The molecule has 0 bridgehead atoms. The summed E-state index contributed by atoms with van der Waals surface area (Å²) < 4.78 is 32.2. The molecule has 2 aromatic carbocycles. The van der Waals surface area contributed by atoms with Crippen LogP contribution in [-0.4, -0.2) is 26.0 Å². The van der Waals surface area contributed by atoms with Gasteiger partial charge >= 0.3 is 6.03 Å². The number of nitrogens with zero attached hydrogens (tertiary/aromatic N) is 1. The summed E-state index contributed by atoms with van der Waals surface area (Å²) in [5, 5.41) is 3.25. The first-order valence-corrected chi connectivity index (χ1v) is 9.80. The molecule has 0 aliphatic rings.